The Morgan fingerprint density at radius 1 is 1.24 bits per heavy atom. The summed E-state index contributed by atoms with van der Waals surface area (Å²) in [5.41, 5.74) is 0. The molecule has 114 valence electrons. The van der Waals surface area contributed by atoms with Crippen molar-refractivity contribution in [2.75, 3.05) is 13.7 Å². The van der Waals surface area contributed by atoms with Gasteiger partial charge in [0.1, 0.15) is 10.6 Å². The van der Waals surface area contributed by atoms with Crippen LogP contribution < -0.4 is 9.46 Å². The molecule has 0 aliphatic carbocycles. The van der Waals surface area contributed by atoms with E-state index in [1.807, 2.05) is 12.1 Å². The quantitative estimate of drug-likeness (QED) is 0.722. The van der Waals surface area contributed by atoms with Gasteiger partial charge in [-0.1, -0.05) is 15.9 Å². The molecule has 2 aromatic rings. The zero-order chi connectivity index (χ0) is 15.5. The molecule has 0 saturated heterocycles. The van der Waals surface area contributed by atoms with Crippen LogP contribution in [-0.2, 0) is 16.4 Å². The van der Waals surface area contributed by atoms with E-state index in [1.165, 1.54) is 13.2 Å². The molecule has 1 aromatic heterocycles. The van der Waals surface area contributed by atoms with E-state index in [-0.39, 0.29) is 4.90 Å². The number of nitrogens with one attached hydrogen (secondary N) is 1. The summed E-state index contributed by atoms with van der Waals surface area (Å²) >= 11 is 8.25. The number of hydrogen-bond donors (Lipinski definition) is 1. The smallest absolute Gasteiger partial charge is 0.244 e. The predicted molar refractivity (Wildman–Crippen MR) is 91.6 cm³/mol. The summed E-state index contributed by atoms with van der Waals surface area (Å²) in [4.78, 5) is 1.25. The molecular weight excluding hydrogens is 442 g/mol. The van der Waals surface area contributed by atoms with Crippen molar-refractivity contribution < 1.29 is 13.2 Å². The lowest BCUT2D eigenvalue weighted by Crippen LogP contribution is -2.26. The van der Waals surface area contributed by atoms with E-state index in [2.05, 4.69) is 36.6 Å². The van der Waals surface area contributed by atoms with Gasteiger partial charge in [-0.3, -0.25) is 0 Å². The minimum atomic E-state index is -3.60. The van der Waals surface area contributed by atoms with Crippen LogP contribution in [0.1, 0.15) is 4.88 Å². The molecule has 0 amide bonds. The van der Waals surface area contributed by atoms with Crippen molar-refractivity contribution in [1.82, 2.24) is 4.72 Å². The summed E-state index contributed by atoms with van der Waals surface area (Å²) in [5.74, 6) is 0.324. The summed E-state index contributed by atoms with van der Waals surface area (Å²) in [5, 5.41) is 0. The zero-order valence-corrected chi connectivity index (χ0v) is 15.9. The Labute approximate surface area is 144 Å². The maximum Gasteiger partial charge on any atom is 0.244 e. The molecule has 0 atom stereocenters. The number of ether oxygens (including phenoxy) is 1. The molecule has 0 fully saturated rings. The molecule has 21 heavy (non-hydrogen) atoms. The molecule has 0 spiro atoms. The van der Waals surface area contributed by atoms with E-state index < -0.39 is 10.0 Å². The lowest BCUT2D eigenvalue weighted by Gasteiger charge is -2.10. The molecule has 0 bridgehead atoms. The Kier molecular flexibility index (Phi) is 5.84. The fourth-order valence-electron chi connectivity index (χ4n) is 1.73. The van der Waals surface area contributed by atoms with Crippen molar-refractivity contribution in [2.45, 2.75) is 11.3 Å². The van der Waals surface area contributed by atoms with Crippen LogP contribution in [0.5, 0.6) is 5.75 Å². The van der Waals surface area contributed by atoms with Gasteiger partial charge in [0.2, 0.25) is 10.0 Å². The lowest BCUT2D eigenvalue weighted by atomic mass is 10.3. The van der Waals surface area contributed by atoms with Crippen molar-refractivity contribution in [2.24, 2.45) is 0 Å². The standard InChI is InChI=1S/C13H13Br2NO3S2/c1-19-11-4-2-9(14)8-12(11)21(17,18)16-7-6-10-3-5-13(15)20-10/h2-5,8,16H,6-7H2,1H3. The molecule has 2 rings (SSSR count). The van der Waals surface area contributed by atoms with Crippen LogP contribution in [-0.4, -0.2) is 22.1 Å². The highest BCUT2D eigenvalue weighted by Gasteiger charge is 2.19. The van der Waals surface area contributed by atoms with Gasteiger partial charge in [0.05, 0.1) is 10.9 Å². The van der Waals surface area contributed by atoms with Crippen molar-refractivity contribution in [1.29, 1.82) is 0 Å². The number of benzene rings is 1. The number of thiophene rings is 1. The predicted octanol–water partition coefficient (Wildman–Crippen LogP) is 3.80. The molecule has 1 aromatic carbocycles. The van der Waals surface area contributed by atoms with Crippen LogP contribution in [0.15, 0.2) is 43.5 Å². The van der Waals surface area contributed by atoms with E-state index in [9.17, 15) is 8.42 Å². The summed E-state index contributed by atoms with van der Waals surface area (Å²) in [7, 11) is -2.15. The van der Waals surface area contributed by atoms with E-state index >= 15 is 0 Å². The van der Waals surface area contributed by atoms with Gasteiger partial charge in [0, 0.05) is 15.9 Å². The summed E-state index contributed by atoms with van der Waals surface area (Å²) in [6.07, 6.45) is 0.645. The largest absolute Gasteiger partial charge is 0.495 e. The van der Waals surface area contributed by atoms with Crippen LogP contribution in [0.2, 0.25) is 0 Å². The maximum atomic E-state index is 12.3. The third kappa shape index (κ3) is 4.53. The van der Waals surface area contributed by atoms with Crippen molar-refractivity contribution >= 4 is 53.2 Å². The van der Waals surface area contributed by atoms with Gasteiger partial charge in [-0.15, -0.1) is 11.3 Å². The van der Waals surface area contributed by atoms with E-state index in [4.69, 9.17) is 4.74 Å². The monoisotopic (exact) mass is 453 g/mol. The van der Waals surface area contributed by atoms with E-state index in [0.29, 0.717) is 23.2 Å². The summed E-state index contributed by atoms with van der Waals surface area (Å²) < 4.78 is 34.1. The Balaban J connectivity index is 2.09. The normalized spacial score (nSPS) is 11.6. The molecule has 4 nitrogen and oxygen atoms in total. The van der Waals surface area contributed by atoms with Crippen LogP contribution in [0.3, 0.4) is 0 Å². The van der Waals surface area contributed by atoms with Crippen LogP contribution >= 0.6 is 43.2 Å². The second-order valence-corrected chi connectivity index (χ2v) is 9.35. The Morgan fingerprint density at radius 2 is 2.00 bits per heavy atom. The van der Waals surface area contributed by atoms with Crippen LogP contribution in [0.25, 0.3) is 0 Å². The van der Waals surface area contributed by atoms with Gasteiger partial charge in [0.15, 0.2) is 0 Å². The second kappa shape index (κ2) is 7.23. The lowest BCUT2D eigenvalue weighted by molar-refractivity contribution is 0.402. The highest BCUT2D eigenvalue weighted by Crippen LogP contribution is 2.27. The van der Waals surface area contributed by atoms with Crippen molar-refractivity contribution in [3.63, 3.8) is 0 Å². The Bertz CT molecular complexity index is 729. The number of rotatable bonds is 6. The summed E-state index contributed by atoms with van der Waals surface area (Å²) in [6.45, 7) is 0.338. The minimum Gasteiger partial charge on any atom is -0.495 e. The molecule has 0 unspecified atom stereocenters. The third-order valence-corrected chi connectivity index (χ3v) is 6.37. The molecule has 0 saturated carbocycles. The Hall–Kier alpha value is -0.410. The topological polar surface area (TPSA) is 55.4 Å². The highest BCUT2D eigenvalue weighted by molar-refractivity contribution is 9.11. The fraction of sp³-hybridized carbons (Fsp3) is 0.231. The molecule has 1 heterocycles. The fourth-order valence-corrected chi connectivity index (χ4v) is 4.95. The Morgan fingerprint density at radius 3 is 2.62 bits per heavy atom. The second-order valence-electron chi connectivity index (χ2n) is 4.15. The molecule has 0 aliphatic heterocycles. The van der Waals surface area contributed by atoms with Gasteiger partial charge >= 0.3 is 0 Å². The van der Waals surface area contributed by atoms with Crippen molar-refractivity contribution in [3.8, 4) is 5.75 Å². The van der Waals surface area contributed by atoms with Gasteiger partial charge in [0.25, 0.3) is 0 Å². The number of hydrogen-bond acceptors (Lipinski definition) is 4. The van der Waals surface area contributed by atoms with Gasteiger partial charge in [-0.25, -0.2) is 13.1 Å². The van der Waals surface area contributed by atoms with Gasteiger partial charge in [-0.05, 0) is 52.7 Å². The molecular formula is C13H13Br2NO3S2. The first-order valence-electron chi connectivity index (χ1n) is 6.00. The molecule has 0 radical (unpaired) electrons. The average Bonchev–Trinajstić information content (AvgIpc) is 2.84. The number of sulfonamides is 1. The molecule has 1 N–H and O–H groups in total. The molecule has 8 heteroatoms. The third-order valence-electron chi connectivity index (χ3n) is 2.71. The van der Waals surface area contributed by atoms with Gasteiger partial charge < -0.3 is 4.74 Å². The highest BCUT2D eigenvalue weighted by atomic mass is 79.9. The maximum absolute atomic E-state index is 12.3. The first-order valence-corrected chi connectivity index (χ1v) is 9.88. The SMILES string of the molecule is COc1ccc(Br)cc1S(=O)(=O)NCCc1ccc(Br)s1. The molecule has 0 aliphatic rings. The average molecular weight is 455 g/mol. The van der Waals surface area contributed by atoms with Crippen molar-refractivity contribution in [3.05, 3.63) is 43.5 Å². The van der Waals surface area contributed by atoms with E-state index in [1.54, 1.807) is 23.5 Å². The van der Waals surface area contributed by atoms with Gasteiger partial charge in [-0.2, -0.15) is 0 Å². The number of halogens is 2. The first-order chi connectivity index (χ1) is 9.92. The minimum absolute atomic E-state index is 0.131. The zero-order valence-electron chi connectivity index (χ0n) is 11.1. The first kappa shape index (κ1) is 17.0. The summed E-state index contributed by atoms with van der Waals surface area (Å²) in [6, 6.07) is 8.81. The van der Waals surface area contributed by atoms with Crippen LogP contribution in [0.4, 0.5) is 0 Å². The van der Waals surface area contributed by atoms with E-state index in [0.717, 1.165) is 8.66 Å². The number of methoxy groups -OCH3 is 1. The van der Waals surface area contributed by atoms with Crippen LogP contribution in [0, 0.1) is 0 Å².